The van der Waals surface area contributed by atoms with Crippen molar-refractivity contribution in [2.24, 2.45) is 7.05 Å². The average Bonchev–Trinajstić information content (AvgIpc) is 2.73. The summed E-state index contributed by atoms with van der Waals surface area (Å²) in [5.74, 6) is 1.64. The molecule has 0 spiro atoms. The van der Waals surface area contributed by atoms with Crippen LogP contribution < -0.4 is 25.1 Å². The van der Waals surface area contributed by atoms with E-state index in [9.17, 15) is 9.59 Å². The van der Waals surface area contributed by atoms with Gasteiger partial charge in [0.25, 0.3) is 5.56 Å². The van der Waals surface area contributed by atoms with E-state index >= 15 is 0 Å². The van der Waals surface area contributed by atoms with Crippen molar-refractivity contribution < 1.29 is 19.0 Å². The molecule has 1 aliphatic heterocycles. The fraction of sp³-hybridized carbons (Fsp3) is 0.350. The van der Waals surface area contributed by atoms with Crippen LogP contribution in [0.4, 0.5) is 5.82 Å². The maximum absolute atomic E-state index is 13.0. The standard InChI is InChI=1S/C20H23N3O5S/c1-6-9-29-20-22-19(25)15-12(10-14(24)21-18(15)23(20)2)11-7-8-13(26-3)17(28-5)16(11)27-4/h6-8,12H,1,9-10H2,2-5H3,(H,21,24)/t12-/m1/s1. The first-order chi connectivity index (χ1) is 14.0. The van der Waals surface area contributed by atoms with Gasteiger partial charge in [-0.2, -0.15) is 4.98 Å². The Balaban J connectivity index is 2.23. The molecule has 154 valence electrons. The van der Waals surface area contributed by atoms with Gasteiger partial charge in [0, 0.05) is 30.7 Å². The van der Waals surface area contributed by atoms with Gasteiger partial charge < -0.3 is 24.1 Å². The van der Waals surface area contributed by atoms with Crippen molar-refractivity contribution in [3.63, 3.8) is 0 Å². The maximum atomic E-state index is 13.0. The zero-order valence-electron chi connectivity index (χ0n) is 16.8. The summed E-state index contributed by atoms with van der Waals surface area (Å²) in [6.07, 6.45) is 1.82. The van der Waals surface area contributed by atoms with Crippen LogP contribution in [0.25, 0.3) is 0 Å². The normalized spacial score (nSPS) is 15.3. The second-order valence-corrected chi connectivity index (χ2v) is 7.34. The number of rotatable bonds is 7. The fourth-order valence-corrected chi connectivity index (χ4v) is 4.16. The van der Waals surface area contributed by atoms with Gasteiger partial charge in [-0.1, -0.05) is 23.9 Å². The highest BCUT2D eigenvalue weighted by molar-refractivity contribution is 7.99. The molecule has 0 aliphatic carbocycles. The highest BCUT2D eigenvalue weighted by Crippen LogP contribution is 2.46. The largest absolute Gasteiger partial charge is 0.493 e. The Morgan fingerprint density at radius 2 is 1.97 bits per heavy atom. The molecular weight excluding hydrogens is 394 g/mol. The molecule has 1 aromatic heterocycles. The number of aromatic nitrogens is 2. The number of carbonyl (C=O) groups is 1. The van der Waals surface area contributed by atoms with Crippen LogP contribution in [-0.2, 0) is 11.8 Å². The number of ether oxygens (including phenoxy) is 3. The Hall–Kier alpha value is -2.94. The van der Waals surface area contributed by atoms with Crippen LogP contribution in [0.1, 0.15) is 23.5 Å². The lowest BCUT2D eigenvalue weighted by Crippen LogP contribution is -2.33. The lowest BCUT2D eigenvalue weighted by Gasteiger charge is -2.29. The first-order valence-corrected chi connectivity index (χ1v) is 9.88. The predicted octanol–water partition coefficient (Wildman–Crippen LogP) is 2.56. The molecule has 1 amide bonds. The molecule has 2 aromatic rings. The maximum Gasteiger partial charge on any atom is 0.279 e. The van der Waals surface area contributed by atoms with Gasteiger partial charge in [-0.15, -0.1) is 6.58 Å². The van der Waals surface area contributed by atoms with Crippen molar-refractivity contribution in [3.05, 3.63) is 46.3 Å². The monoisotopic (exact) mass is 417 g/mol. The minimum Gasteiger partial charge on any atom is -0.493 e. The summed E-state index contributed by atoms with van der Waals surface area (Å²) in [5.41, 5.74) is 0.693. The van der Waals surface area contributed by atoms with Crippen LogP contribution in [0.15, 0.2) is 34.7 Å². The number of methoxy groups -OCH3 is 3. The third-order valence-corrected chi connectivity index (χ3v) is 5.77. The molecule has 2 heterocycles. The Morgan fingerprint density at radius 3 is 2.59 bits per heavy atom. The van der Waals surface area contributed by atoms with Gasteiger partial charge in [0.15, 0.2) is 16.7 Å². The summed E-state index contributed by atoms with van der Waals surface area (Å²) in [4.78, 5) is 29.7. The number of nitrogens with one attached hydrogen (secondary N) is 1. The molecule has 1 N–H and O–H groups in total. The Kier molecular flexibility index (Phi) is 6.17. The highest BCUT2D eigenvalue weighted by Gasteiger charge is 2.35. The zero-order chi connectivity index (χ0) is 21.1. The number of anilines is 1. The second-order valence-electron chi connectivity index (χ2n) is 6.35. The number of nitrogens with zero attached hydrogens (tertiary/aromatic N) is 2. The van der Waals surface area contributed by atoms with Crippen LogP contribution in [0, 0.1) is 0 Å². The molecule has 1 atom stereocenters. The number of fused-ring (bicyclic) bond motifs is 1. The number of hydrogen-bond donors (Lipinski definition) is 1. The van der Waals surface area contributed by atoms with Gasteiger partial charge in [0.2, 0.25) is 11.7 Å². The summed E-state index contributed by atoms with van der Waals surface area (Å²) in [6, 6.07) is 3.52. The summed E-state index contributed by atoms with van der Waals surface area (Å²) in [7, 11) is 6.32. The smallest absolute Gasteiger partial charge is 0.279 e. The third kappa shape index (κ3) is 3.69. The molecule has 0 bridgehead atoms. The van der Waals surface area contributed by atoms with Crippen LogP contribution in [0.2, 0.25) is 0 Å². The molecule has 0 saturated heterocycles. The molecule has 1 aliphatic rings. The molecule has 8 nitrogen and oxygen atoms in total. The minimum absolute atomic E-state index is 0.0922. The van der Waals surface area contributed by atoms with Crippen molar-refractivity contribution in [3.8, 4) is 17.2 Å². The first-order valence-electron chi connectivity index (χ1n) is 8.90. The van der Waals surface area contributed by atoms with E-state index < -0.39 is 5.92 Å². The molecule has 0 unspecified atom stereocenters. The van der Waals surface area contributed by atoms with Crippen molar-refractivity contribution in [1.29, 1.82) is 0 Å². The molecule has 29 heavy (non-hydrogen) atoms. The SMILES string of the molecule is C=CCSc1nc(=O)c2c(n1C)NC(=O)C[C@@H]2c1ccc(OC)c(OC)c1OC. The topological polar surface area (TPSA) is 91.7 Å². The van der Waals surface area contributed by atoms with E-state index in [0.29, 0.717) is 45.1 Å². The summed E-state index contributed by atoms with van der Waals surface area (Å²) >= 11 is 1.37. The van der Waals surface area contributed by atoms with E-state index in [1.165, 1.54) is 33.1 Å². The quantitative estimate of drug-likeness (QED) is 0.420. The van der Waals surface area contributed by atoms with E-state index in [1.54, 1.807) is 29.8 Å². The van der Waals surface area contributed by atoms with Gasteiger partial charge in [-0.3, -0.25) is 9.59 Å². The zero-order valence-corrected chi connectivity index (χ0v) is 17.6. The molecule has 0 saturated carbocycles. The van der Waals surface area contributed by atoms with Crippen LogP contribution in [-0.4, -0.2) is 42.5 Å². The summed E-state index contributed by atoms with van der Waals surface area (Å²) in [5, 5.41) is 3.33. The summed E-state index contributed by atoms with van der Waals surface area (Å²) < 4.78 is 18.1. The van der Waals surface area contributed by atoms with Gasteiger partial charge in [-0.25, -0.2) is 0 Å². The van der Waals surface area contributed by atoms with E-state index in [2.05, 4.69) is 16.9 Å². The third-order valence-electron chi connectivity index (χ3n) is 4.74. The molecular formula is C20H23N3O5S. The molecule has 9 heteroatoms. The lowest BCUT2D eigenvalue weighted by atomic mass is 9.86. The number of carbonyl (C=O) groups excluding carboxylic acids is 1. The molecule has 0 fully saturated rings. The molecule has 1 aromatic carbocycles. The predicted molar refractivity (Wildman–Crippen MR) is 112 cm³/mol. The van der Waals surface area contributed by atoms with E-state index in [1.807, 2.05) is 0 Å². The Bertz CT molecular complexity index is 1020. The molecule has 3 rings (SSSR count). The fourth-order valence-electron chi connectivity index (χ4n) is 3.46. The van der Waals surface area contributed by atoms with Crippen LogP contribution in [0.5, 0.6) is 17.2 Å². The van der Waals surface area contributed by atoms with Gasteiger partial charge in [-0.05, 0) is 6.07 Å². The number of benzene rings is 1. The summed E-state index contributed by atoms with van der Waals surface area (Å²) in [6.45, 7) is 3.69. The number of thioether (sulfide) groups is 1. The molecule has 0 radical (unpaired) electrons. The van der Waals surface area contributed by atoms with Gasteiger partial charge in [0.05, 0.1) is 26.9 Å². The lowest BCUT2D eigenvalue weighted by molar-refractivity contribution is -0.116. The number of hydrogen-bond acceptors (Lipinski definition) is 7. The van der Waals surface area contributed by atoms with E-state index in [0.717, 1.165) is 0 Å². The first kappa shape index (κ1) is 20.8. The number of amides is 1. The van der Waals surface area contributed by atoms with Crippen LogP contribution >= 0.6 is 11.8 Å². The van der Waals surface area contributed by atoms with E-state index in [-0.39, 0.29) is 17.9 Å². The van der Waals surface area contributed by atoms with Gasteiger partial charge >= 0.3 is 0 Å². The Morgan fingerprint density at radius 1 is 1.24 bits per heavy atom. The van der Waals surface area contributed by atoms with Crippen molar-refractivity contribution >= 4 is 23.5 Å². The van der Waals surface area contributed by atoms with Crippen molar-refractivity contribution in [2.75, 3.05) is 32.4 Å². The Labute approximate surface area is 172 Å². The second kappa shape index (κ2) is 8.60. The van der Waals surface area contributed by atoms with E-state index in [4.69, 9.17) is 14.2 Å². The van der Waals surface area contributed by atoms with Crippen LogP contribution in [0.3, 0.4) is 0 Å². The highest BCUT2D eigenvalue weighted by atomic mass is 32.2. The van der Waals surface area contributed by atoms with Crippen molar-refractivity contribution in [1.82, 2.24) is 9.55 Å². The van der Waals surface area contributed by atoms with Gasteiger partial charge in [0.1, 0.15) is 5.82 Å². The average molecular weight is 417 g/mol. The minimum atomic E-state index is -0.529. The van der Waals surface area contributed by atoms with Crippen molar-refractivity contribution in [2.45, 2.75) is 17.5 Å².